The number of phenolic OH excluding ortho intramolecular Hbond substituents is 2. The predicted octanol–water partition coefficient (Wildman–Crippen LogP) is 2.23. The van der Waals surface area contributed by atoms with Crippen molar-refractivity contribution in [3.8, 4) is 11.5 Å². The largest absolute Gasteiger partial charge is 0.504 e. The van der Waals surface area contributed by atoms with Gasteiger partial charge in [0.05, 0.1) is 4.47 Å². The minimum absolute atomic E-state index is 0.0365. The maximum absolute atomic E-state index is 9.70. The summed E-state index contributed by atoms with van der Waals surface area (Å²) in [6.45, 7) is 2.52. The zero-order chi connectivity index (χ0) is 10.9. The number of nitrogens with zero attached hydrogens (tertiary/aromatic N) is 1. The summed E-state index contributed by atoms with van der Waals surface area (Å²) < 4.78 is 0.523. The molecule has 0 unspecified atom stereocenters. The smallest absolute Gasteiger partial charge is 0.172 e. The molecular weight excluding hydrogens is 246 g/mol. The Kier molecular flexibility index (Phi) is 3.39. The zero-order valence-electron chi connectivity index (χ0n) is 8.50. The fourth-order valence-corrected chi connectivity index (χ4v) is 1.84. The van der Waals surface area contributed by atoms with Gasteiger partial charge in [-0.2, -0.15) is 0 Å². The lowest BCUT2D eigenvalue weighted by molar-refractivity contribution is 0.366. The molecule has 1 rings (SSSR count). The van der Waals surface area contributed by atoms with Gasteiger partial charge in [-0.1, -0.05) is 0 Å². The molecule has 14 heavy (non-hydrogen) atoms. The van der Waals surface area contributed by atoms with Crippen LogP contribution in [0.25, 0.3) is 0 Å². The summed E-state index contributed by atoms with van der Waals surface area (Å²) in [5, 5.41) is 19.2. The number of benzene rings is 1. The van der Waals surface area contributed by atoms with Gasteiger partial charge in [-0.25, -0.2) is 0 Å². The average molecular weight is 260 g/mol. The van der Waals surface area contributed by atoms with Gasteiger partial charge in [-0.3, -0.25) is 0 Å². The van der Waals surface area contributed by atoms with Crippen LogP contribution >= 0.6 is 15.9 Å². The number of rotatable bonds is 2. The monoisotopic (exact) mass is 259 g/mol. The standard InChI is InChI=1S/C10H14BrNO2/c1-6-4-8(11)10(14)9(13)7(6)5-12(2)3/h4,13-14H,5H2,1-3H3. The highest BCUT2D eigenvalue weighted by Crippen LogP contribution is 2.38. The van der Waals surface area contributed by atoms with Crippen molar-refractivity contribution in [2.24, 2.45) is 0 Å². The van der Waals surface area contributed by atoms with E-state index in [-0.39, 0.29) is 11.5 Å². The number of aromatic hydroxyl groups is 2. The van der Waals surface area contributed by atoms with E-state index >= 15 is 0 Å². The number of phenols is 2. The highest BCUT2D eigenvalue weighted by atomic mass is 79.9. The van der Waals surface area contributed by atoms with Gasteiger partial charge < -0.3 is 15.1 Å². The first-order valence-electron chi connectivity index (χ1n) is 4.28. The molecule has 1 aromatic rings. The van der Waals surface area contributed by atoms with Crippen LogP contribution < -0.4 is 0 Å². The fourth-order valence-electron chi connectivity index (χ4n) is 1.30. The van der Waals surface area contributed by atoms with Gasteiger partial charge in [0.15, 0.2) is 11.5 Å². The number of hydrogen-bond donors (Lipinski definition) is 2. The van der Waals surface area contributed by atoms with Gasteiger partial charge in [-0.05, 0) is 48.6 Å². The molecule has 1 aromatic carbocycles. The summed E-state index contributed by atoms with van der Waals surface area (Å²) in [5.41, 5.74) is 1.72. The Bertz CT molecular complexity index is 350. The Hall–Kier alpha value is -0.740. The second-order valence-electron chi connectivity index (χ2n) is 3.59. The van der Waals surface area contributed by atoms with Crippen molar-refractivity contribution in [1.82, 2.24) is 4.90 Å². The third-order valence-electron chi connectivity index (χ3n) is 2.03. The summed E-state index contributed by atoms with van der Waals surface area (Å²) in [6, 6.07) is 1.80. The number of aryl methyl sites for hydroxylation is 1. The zero-order valence-corrected chi connectivity index (χ0v) is 10.1. The van der Waals surface area contributed by atoms with E-state index in [2.05, 4.69) is 15.9 Å². The molecule has 0 aliphatic rings. The molecule has 0 saturated heterocycles. The van der Waals surface area contributed by atoms with Crippen LogP contribution in [0.3, 0.4) is 0 Å². The van der Waals surface area contributed by atoms with E-state index in [1.165, 1.54) is 0 Å². The van der Waals surface area contributed by atoms with Crippen LogP contribution in [0.15, 0.2) is 10.5 Å². The summed E-state index contributed by atoms with van der Waals surface area (Å²) in [5.74, 6) is -0.127. The molecule has 0 saturated carbocycles. The molecule has 0 aliphatic heterocycles. The number of hydrogen-bond acceptors (Lipinski definition) is 3. The van der Waals surface area contributed by atoms with E-state index in [4.69, 9.17) is 0 Å². The maximum Gasteiger partial charge on any atom is 0.172 e. The van der Waals surface area contributed by atoms with Gasteiger partial charge in [0.2, 0.25) is 0 Å². The first kappa shape index (κ1) is 11.3. The van der Waals surface area contributed by atoms with Crippen molar-refractivity contribution in [3.63, 3.8) is 0 Å². The average Bonchev–Trinajstić information content (AvgIpc) is 2.09. The van der Waals surface area contributed by atoms with Crippen LogP contribution in [-0.4, -0.2) is 29.2 Å². The van der Waals surface area contributed by atoms with Gasteiger partial charge in [0.25, 0.3) is 0 Å². The van der Waals surface area contributed by atoms with Crippen LogP contribution in [0.5, 0.6) is 11.5 Å². The van der Waals surface area contributed by atoms with Crippen LogP contribution in [0, 0.1) is 6.92 Å². The van der Waals surface area contributed by atoms with Gasteiger partial charge in [0.1, 0.15) is 0 Å². The fraction of sp³-hybridized carbons (Fsp3) is 0.400. The van der Waals surface area contributed by atoms with Crippen molar-refractivity contribution < 1.29 is 10.2 Å². The molecule has 0 aliphatic carbocycles. The molecule has 0 amide bonds. The molecule has 0 heterocycles. The third-order valence-corrected chi connectivity index (χ3v) is 2.63. The maximum atomic E-state index is 9.70. The molecule has 0 spiro atoms. The Labute approximate surface area is 92.1 Å². The van der Waals surface area contributed by atoms with E-state index < -0.39 is 0 Å². The van der Waals surface area contributed by atoms with Crippen LogP contribution in [0.2, 0.25) is 0 Å². The minimum atomic E-state index is -0.0903. The van der Waals surface area contributed by atoms with E-state index in [9.17, 15) is 10.2 Å². The molecule has 0 aromatic heterocycles. The highest BCUT2D eigenvalue weighted by Gasteiger charge is 2.13. The quantitative estimate of drug-likeness (QED) is 0.801. The molecule has 0 bridgehead atoms. The Morgan fingerprint density at radius 2 is 1.86 bits per heavy atom. The van der Waals surface area contributed by atoms with Crippen molar-refractivity contribution in [3.05, 3.63) is 21.7 Å². The van der Waals surface area contributed by atoms with Crippen molar-refractivity contribution in [2.45, 2.75) is 13.5 Å². The molecule has 0 radical (unpaired) electrons. The first-order chi connectivity index (χ1) is 6.43. The van der Waals surface area contributed by atoms with E-state index in [0.717, 1.165) is 11.1 Å². The molecule has 0 atom stereocenters. The van der Waals surface area contributed by atoms with E-state index in [1.807, 2.05) is 25.9 Å². The molecule has 4 heteroatoms. The van der Waals surface area contributed by atoms with Gasteiger partial charge >= 0.3 is 0 Å². The predicted molar refractivity (Wildman–Crippen MR) is 59.6 cm³/mol. The van der Waals surface area contributed by atoms with Gasteiger partial charge in [-0.15, -0.1) is 0 Å². The topological polar surface area (TPSA) is 43.7 Å². The summed E-state index contributed by atoms with van der Waals surface area (Å²) >= 11 is 3.17. The minimum Gasteiger partial charge on any atom is -0.504 e. The second kappa shape index (κ2) is 4.19. The second-order valence-corrected chi connectivity index (χ2v) is 4.44. The molecular formula is C10H14BrNO2. The van der Waals surface area contributed by atoms with Crippen LogP contribution in [0.4, 0.5) is 0 Å². The highest BCUT2D eigenvalue weighted by molar-refractivity contribution is 9.10. The third kappa shape index (κ3) is 2.19. The lowest BCUT2D eigenvalue weighted by Gasteiger charge is -2.15. The molecule has 0 fully saturated rings. The molecule has 78 valence electrons. The lowest BCUT2D eigenvalue weighted by Crippen LogP contribution is -2.11. The number of halogens is 1. The Morgan fingerprint density at radius 1 is 1.29 bits per heavy atom. The lowest BCUT2D eigenvalue weighted by atomic mass is 10.1. The molecule has 3 nitrogen and oxygen atoms in total. The van der Waals surface area contributed by atoms with Crippen LogP contribution in [0.1, 0.15) is 11.1 Å². The molecule has 2 N–H and O–H groups in total. The van der Waals surface area contributed by atoms with Crippen LogP contribution in [-0.2, 0) is 6.54 Å². The summed E-state index contributed by atoms with van der Waals surface area (Å²) in [4.78, 5) is 1.94. The van der Waals surface area contributed by atoms with Crippen molar-refractivity contribution in [1.29, 1.82) is 0 Å². The van der Waals surface area contributed by atoms with E-state index in [0.29, 0.717) is 11.0 Å². The normalized spacial score (nSPS) is 10.9. The first-order valence-corrected chi connectivity index (χ1v) is 5.07. The van der Waals surface area contributed by atoms with Crippen molar-refractivity contribution in [2.75, 3.05) is 14.1 Å². The Balaban J connectivity index is 3.22. The summed E-state index contributed by atoms with van der Waals surface area (Å²) in [7, 11) is 3.83. The van der Waals surface area contributed by atoms with Gasteiger partial charge in [0, 0.05) is 12.1 Å². The van der Waals surface area contributed by atoms with E-state index in [1.54, 1.807) is 6.07 Å². The Morgan fingerprint density at radius 3 is 2.36 bits per heavy atom. The summed E-state index contributed by atoms with van der Waals surface area (Å²) in [6.07, 6.45) is 0. The van der Waals surface area contributed by atoms with Crippen molar-refractivity contribution >= 4 is 15.9 Å². The SMILES string of the molecule is Cc1cc(Br)c(O)c(O)c1CN(C)C.